The van der Waals surface area contributed by atoms with E-state index in [2.05, 4.69) is 0 Å². The number of hydrogen-bond acceptors (Lipinski definition) is 9. The molecule has 2 heterocycles. The standard InChI is InChI=1S/C18H25N2O9/c1-10(21)25-8-14-15(26-11(2)22)16(27-12(3)23)17(28-13(4)24)18(29-14)20-7-6-19(5)9-20/h6-7,9,14-18H,8H2,1-5H3/q+1. The van der Waals surface area contributed by atoms with Gasteiger partial charge in [0, 0.05) is 27.7 Å². The molecule has 1 aliphatic rings. The minimum absolute atomic E-state index is 0.262. The summed E-state index contributed by atoms with van der Waals surface area (Å²) in [6.45, 7) is 4.51. The van der Waals surface area contributed by atoms with E-state index in [0.717, 1.165) is 0 Å². The molecule has 11 nitrogen and oxygen atoms in total. The number of ether oxygens (including phenoxy) is 5. The van der Waals surface area contributed by atoms with Crippen LogP contribution in [0.1, 0.15) is 33.9 Å². The Kier molecular flexibility index (Phi) is 7.32. The second-order valence-electron chi connectivity index (χ2n) is 6.62. The minimum atomic E-state index is -1.19. The molecule has 5 unspecified atom stereocenters. The number of esters is 4. The van der Waals surface area contributed by atoms with Crippen molar-refractivity contribution >= 4 is 23.9 Å². The van der Waals surface area contributed by atoms with Crippen LogP contribution in [0.5, 0.6) is 0 Å². The topological polar surface area (TPSA) is 123 Å². The van der Waals surface area contributed by atoms with Gasteiger partial charge < -0.3 is 23.7 Å². The Bertz CT molecular complexity index is 775. The first kappa shape index (κ1) is 22.3. The van der Waals surface area contributed by atoms with Crippen LogP contribution in [0, 0.1) is 0 Å². The molecule has 1 fully saturated rings. The third-order valence-corrected chi connectivity index (χ3v) is 4.05. The molecule has 1 aromatic heterocycles. The highest BCUT2D eigenvalue weighted by Crippen LogP contribution is 2.34. The van der Waals surface area contributed by atoms with Gasteiger partial charge in [0.15, 0.2) is 12.2 Å². The highest BCUT2D eigenvalue weighted by Gasteiger charge is 2.54. The number of nitrogens with zero attached hydrogens (tertiary/aromatic N) is 2. The molecular weight excluding hydrogens is 388 g/mol. The lowest BCUT2D eigenvalue weighted by Crippen LogP contribution is -2.60. The molecule has 5 atom stereocenters. The van der Waals surface area contributed by atoms with E-state index in [9.17, 15) is 19.2 Å². The summed E-state index contributed by atoms with van der Waals surface area (Å²) in [6, 6.07) is 0. The van der Waals surface area contributed by atoms with Crippen LogP contribution in [0.25, 0.3) is 0 Å². The predicted molar refractivity (Wildman–Crippen MR) is 92.8 cm³/mol. The molecule has 1 saturated heterocycles. The molecule has 0 aliphatic carbocycles. The summed E-state index contributed by atoms with van der Waals surface area (Å²) in [7, 11) is 1.78. The zero-order chi connectivity index (χ0) is 21.7. The molecule has 0 radical (unpaired) electrons. The van der Waals surface area contributed by atoms with E-state index in [0.29, 0.717) is 0 Å². The van der Waals surface area contributed by atoms with Gasteiger partial charge in [-0.25, -0.2) is 9.13 Å². The smallest absolute Gasteiger partial charge is 0.303 e. The Balaban J connectivity index is 2.49. The normalized spacial score (nSPS) is 26.3. The summed E-state index contributed by atoms with van der Waals surface area (Å²) in [6.07, 6.45) is -0.320. The van der Waals surface area contributed by atoms with Crippen molar-refractivity contribution in [2.24, 2.45) is 7.05 Å². The molecule has 0 spiro atoms. The lowest BCUT2D eigenvalue weighted by atomic mass is 9.97. The number of rotatable bonds is 6. The Morgan fingerprint density at radius 1 is 0.897 bits per heavy atom. The summed E-state index contributed by atoms with van der Waals surface area (Å²) >= 11 is 0. The maximum Gasteiger partial charge on any atom is 0.303 e. The Morgan fingerprint density at radius 2 is 1.45 bits per heavy atom. The first-order chi connectivity index (χ1) is 13.6. The third kappa shape index (κ3) is 6.01. The zero-order valence-corrected chi connectivity index (χ0v) is 16.9. The first-order valence-electron chi connectivity index (χ1n) is 8.91. The third-order valence-electron chi connectivity index (χ3n) is 4.05. The Labute approximate surface area is 167 Å². The van der Waals surface area contributed by atoms with Gasteiger partial charge in [0.1, 0.15) is 25.1 Å². The fourth-order valence-electron chi connectivity index (χ4n) is 3.07. The van der Waals surface area contributed by atoms with Crippen molar-refractivity contribution < 1.29 is 47.4 Å². The maximum absolute atomic E-state index is 11.8. The molecule has 11 heteroatoms. The van der Waals surface area contributed by atoms with Gasteiger partial charge in [-0.1, -0.05) is 0 Å². The van der Waals surface area contributed by atoms with Crippen LogP contribution in [0.15, 0.2) is 18.7 Å². The van der Waals surface area contributed by atoms with Crippen molar-refractivity contribution in [1.29, 1.82) is 0 Å². The van der Waals surface area contributed by atoms with Crippen LogP contribution >= 0.6 is 0 Å². The van der Waals surface area contributed by atoms with Gasteiger partial charge in [-0.05, 0) is 0 Å². The van der Waals surface area contributed by atoms with E-state index >= 15 is 0 Å². The lowest BCUT2D eigenvalue weighted by Gasteiger charge is -2.42. The van der Waals surface area contributed by atoms with Crippen LogP contribution in [-0.4, -0.2) is 59.5 Å². The highest BCUT2D eigenvalue weighted by atomic mass is 16.7. The Morgan fingerprint density at radius 3 is 1.93 bits per heavy atom. The molecular formula is C18H25N2O9+. The monoisotopic (exact) mass is 413 g/mol. The summed E-state index contributed by atoms with van der Waals surface area (Å²) in [5.41, 5.74) is 0. The van der Waals surface area contributed by atoms with E-state index in [1.54, 1.807) is 34.9 Å². The molecule has 1 aromatic rings. The van der Waals surface area contributed by atoms with Crippen molar-refractivity contribution in [2.45, 2.75) is 58.3 Å². The zero-order valence-electron chi connectivity index (χ0n) is 16.9. The second-order valence-corrected chi connectivity index (χ2v) is 6.62. The number of carbonyl (C=O) groups excluding carboxylic acids is 4. The van der Waals surface area contributed by atoms with Gasteiger partial charge in [-0.15, -0.1) is 0 Å². The van der Waals surface area contributed by atoms with E-state index in [-0.39, 0.29) is 6.61 Å². The number of aryl methyl sites for hydroxylation is 1. The maximum atomic E-state index is 11.8. The molecule has 0 N–H and O–H groups in total. The van der Waals surface area contributed by atoms with Gasteiger partial charge in [-0.2, -0.15) is 0 Å². The predicted octanol–water partition coefficient (Wildman–Crippen LogP) is -0.432. The van der Waals surface area contributed by atoms with Crippen LogP contribution in [0.2, 0.25) is 0 Å². The van der Waals surface area contributed by atoms with Gasteiger partial charge in [-0.3, -0.25) is 19.2 Å². The number of carbonyl (C=O) groups is 4. The van der Waals surface area contributed by atoms with Crippen molar-refractivity contribution in [3.05, 3.63) is 18.7 Å². The Hall–Kier alpha value is -2.95. The van der Waals surface area contributed by atoms with Crippen LogP contribution in [-0.2, 0) is 49.9 Å². The van der Waals surface area contributed by atoms with Crippen molar-refractivity contribution in [3.8, 4) is 0 Å². The molecule has 160 valence electrons. The van der Waals surface area contributed by atoms with E-state index in [4.69, 9.17) is 23.7 Å². The minimum Gasteiger partial charge on any atom is -0.463 e. The highest BCUT2D eigenvalue weighted by molar-refractivity contribution is 5.68. The molecule has 0 aromatic carbocycles. The SMILES string of the molecule is CC(=O)OCC1OC(n2cc[n+](C)c2)C(OC(C)=O)C(OC(C)=O)C1OC(C)=O. The summed E-state index contributed by atoms with van der Waals surface area (Å²) < 4.78 is 30.5. The van der Waals surface area contributed by atoms with Gasteiger partial charge in [0.25, 0.3) is 0 Å². The average Bonchev–Trinajstić information content (AvgIpc) is 3.01. The molecule has 0 amide bonds. The molecule has 29 heavy (non-hydrogen) atoms. The van der Waals surface area contributed by atoms with Crippen molar-refractivity contribution in [2.75, 3.05) is 6.61 Å². The molecule has 1 aliphatic heterocycles. The second kappa shape index (κ2) is 9.50. The van der Waals surface area contributed by atoms with Gasteiger partial charge in [0.2, 0.25) is 18.7 Å². The number of aromatic nitrogens is 2. The van der Waals surface area contributed by atoms with Gasteiger partial charge in [0.05, 0.1) is 7.05 Å². The first-order valence-corrected chi connectivity index (χ1v) is 8.91. The molecule has 0 saturated carbocycles. The number of imidazole rings is 1. The van der Waals surface area contributed by atoms with E-state index in [1.807, 2.05) is 0 Å². The van der Waals surface area contributed by atoms with Crippen LogP contribution in [0.4, 0.5) is 0 Å². The summed E-state index contributed by atoms with van der Waals surface area (Å²) in [5.74, 6) is -2.55. The lowest BCUT2D eigenvalue weighted by molar-refractivity contribution is -0.671. The van der Waals surface area contributed by atoms with E-state index in [1.165, 1.54) is 27.7 Å². The van der Waals surface area contributed by atoms with E-state index < -0.39 is 54.5 Å². The number of hydrogen-bond donors (Lipinski definition) is 0. The largest absolute Gasteiger partial charge is 0.463 e. The summed E-state index contributed by atoms with van der Waals surface area (Å²) in [4.78, 5) is 46.5. The fraction of sp³-hybridized carbons (Fsp3) is 0.611. The van der Waals surface area contributed by atoms with Crippen molar-refractivity contribution in [3.63, 3.8) is 0 Å². The fourth-order valence-corrected chi connectivity index (χ4v) is 3.07. The van der Waals surface area contributed by atoms with Crippen LogP contribution < -0.4 is 4.57 Å². The van der Waals surface area contributed by atoms with Crippen molar-refractivity contribution in [1.82, 2.24) is 4.57 Å². The van der Waals surface area contributed by atoms with Gasteiger partial charge >= 0.3 is 23.9 Å². The van der Waals surface area contributed by atoms with Crippen LogP contribution in [0.3, 0.4) is 0 Å². The molecule has 2 rings (SSSR count). The molecule has 0 bridgehead atoms. The quantitative estimate of drug-likeness (QED) is 0.347. The summed E-state index contributed by atoms with van der Waals surface area (Å²) in [5, 5.41) is 0. The average molecular weight is 413 g/mol.